The monoisotopic (exact) mass is 475 g/mol. The number of nitrogens with one attached hydrogen (secondary N) is 1. The number of benzene rings is 3. The molecule has 0 spiro atoms. The molecule has 10 heteroatoms. The van der Waals surface area contributed by atoms with Crippen molar-refractivity contribution in [1.82, 2.24) is 0 Å². The van der Waals surface area contributed by atoms with Gasteiger partial charge in [0, 0.05) is 15.6 Å². The Balaban J connectivity index is 2.10. The number of aromatic carboxylic acids is 2. The first kappa shape index (κ1) is 22.9. The van der Waals surface area contributed by atoms with Gasteiger partial charge in [-0.15, -0.1) is 0 Å². The van der Waals surface area contributed by atoms with Crippen LogP contribution in [-0.4, -0.2) is 34.3 Å². The molecule has 0 atom stereocenters. The van der Waals surface area contributed by atoms with Crippen LogP contribution in [0.15, 0.2) is 48.5 Å². The number of carboxylic acid groups (broad SMARTS) is 2. The molecule has 3 aromatic rings. The van der Waals surface area contributed by atoms with Crippen LogP contribution in [0.4, 0.5) is 10.1 Å². The summed E-state index contributed by atoms with van der Waals surface area (Å²) in [5.41, 5.74) is -1.26. The number of carbonyl (C=O) groups excluding carboxylic acids is 2. The lowest BCUT2D eigenvalue weighted by molar-refractivity contribution is 0.0683. The van der Waals surface area contributed by atoms with Crippen molar-refractivity contribution in [1.29, 1.82) is 0 Å². The number of hydrogen-bond acceptors (Lipinski definition) is 4. The quantitative estimate of drug-likeness (QED) is 0.418. The Morgan fingerprint density at radius 1 is 0.875 bits per heavy atom. The van der Waals surface area contributed by atoms with E-state index in [0.717, 1.165) is 6.07 Å². The highest BCUT2D eigenvalue weighted by Gasteiger charge is 2.22. The van der Waals surface area contributed by atoms with Gasteiger partial charge in [-0.3, -0.25) is 9.59 Å². The number of carbonyl (C=O) groups is 4. The number of halogens is 3. The van der Waals surface area contributed by atoms with Crippen LogP contribution in [0.2, 0.25) is 10.0 Å². The summed E-state index contributed by atoms with van der Waals surface area (Å²) < 4.78 is 13.8. The summed E-state index contributed by atoms with van der Waals surface area (Å²) in [5.74, 6) is -5.13. The summed E-state index contributed by atoms with van der Waals surface area (Å²) in [4.78, 5) is 46.9. The molecule has 3 rings (SSSR count). The zero-order chi connectivity index (χ0) is 23.6. The van der Waals surface area contributed by atoms with E-state index in [-0.39, 0.29) is 22.6 Å². The maximum atomic E-state index is 13.8. The topological polar surface area (TPSA) is 121 Å². The standard InChI is InChI=1S/C22H12Cl2FNO6/c23-12-2-4-13(17(24)7-12)10-1-3-14(21(29)30)19(6-10)26-20(28)15-5-11(9-27)18(25)8-16(15)22(31)32/h1-9H,(H,26,28)(H,29,30)(H,31,32). The maximum Gasteiger partial charge on any atom is 0.337 e. The molecule has 0 radical (unpaired) electrons. The number of hydrogen-bond donors (Lipinski definition) is 3. The predicted molar refractivity (Wildman–Crippen MR) is 116 cm³/mol. The van der Waals surface area contributed by atoms with Gasteiger partial charge in [0.05, 0.1) is 27.9 Å². The van der Waals surface area contributed by atoms with Crippen molar-refractivity contribution < 1.29 is 33.8 Å². The van der Waals surface area contributed by atoms with Crippen LogP contribution in [0.3, 0.4) is 0 Å². The summed E-state index contributed by atoms with van der Waals surface area (Å²) in [6.45, 7) is 0. The van der Waals surface area contributed by atoms with E-state index in [0.29, 0.717) is 22.2 Å². The summed E-state index contributed by atoms with van der Waals surface area (Å²) in [7, 11) is 0. The normalized spacial score (nSPS) is 10.5. The average Bonchev–Trinajstić information content (AvgIpc) is 2.73. The second kappa shape index (κ2) is 9.17. The molecule has 162 valence electrons. The molecule has 0 unspecified atom stereocenters. The number of amides is 1. The van der Waals surface area contributed by atoms with Crippen molar-refractivity contribution in [2.45, 2.75) is 0 Å². The van der Waals surface area contributed by atoms with Gasteiger partial charge in [-0.1, -0.05) is 35.3 Å². The first-order valence-corrected chi connectivity index (χ1v) is 9.54. The zero-order valence-corrected chi connectivity index (χ0v) is 17.4. The van der Waals surface area contributed by atoms with Crippen LogP contribution >= 0.6 is 23.2 Å². The fourth-order valence-electron chi connectivity index (χ4n) is 2.96. The lowest BCUT2D eigenvalue weighted by Crippen LogP contribution is -2.19. The third kappa shape index (κ3) is 4.61. The molecule has 0 bridgehead atoms. The fraction of sp³-hybridized carbons (Fsp3) is 0. The molecule has 0 aliphatic rings. The molecule has 0 aliphatic heterocycles. The molecule has 0 saturated carbocycles. The minimum Gasteiger partial charge on any atom is -0.478 e. The van der Waals surface area contributed by atoms with Crippen LogP contribution in [0, 0.1) is 5.82 Å². The van der Waals surface area contributed by atoms with Gasteiger partial charge in [0.15, 0.2) is 6.29 Å². The molecule has 0 saturated heterocycles. The largest absolute Gasteiger partial charge is 0.478 e. The molecule has 0 aromatic heterocycles. The Labute approximate surface area is 190 Å². The van der Waals surface area contributed by atoms with Gasteiger partial charge in [0.25, 0.3) is 5.91 Å². The summed E-state index contributed by atoms with van der Waals surface area (Å²) in [6, 6.07) is 10.0. The fourth-order valence-corrected chi connectivity index (χ4v) is 3.48. The SMILES string of the molecule is O=Cc1cc(C(=O)Nc2cc(-c3ccc(Cl)cc3Cl)ccc2C(=O)O)c(C(=O)O)cc1F. The Morgan fingerprint density at radius 2 is 1.56 bits per heavy atom. The molecule has 32 heavy (non-hydrogen) atoms. The van der Waals surface area contributed by atoms with Crippen molar-refractivity contribution >= 4 is 53.0 Å². The van der Waals surface area contributed by atoms with Crippen molar-refractivity contribution in [3.8, 4) is 11.1 Å². The highest BCUT2D eigenvalue weighted by atomic mass is 35.5. The molecule has 7 nitrogen and oxygen atoms in total. The van der Waals surface area contributed by atoms with E-state index < -0.39 is 40.4 Å². The Kier molecular flexibility index (Phi) is 6.57. The predicted octanol–water partition coefficient (Wildman–Crippen LogP) is 5.26. The van der Waals surface area contributed by atoms with Gasteiger partial charge < -0.3 is 15.5 Å². The molecule has 0 heterocycles. The second-order valence-electron chi connectivity index (χ2n) is 6.49. The number of anilines is 1. The third-order valence-corrected chi connectivity index (χ3v) is 5.03. The van der Waals surface area contributed by atoms with Crippen molar-refractivity contribution in [2.75, 3.05) is 5.32 Å². The summed E-state index contributed by atoms with van der Waals surface area (Å²) in [6.07, 6.45) is 0.129. The van der Waals surface area contributed by atoms with Crippen molar-refractivity contribution in [3.63, 3.8) is 0 Å². The first-order valence-electron chi connectivity index (χ1n) is 8.78. The molecular formula is C22H12Cl2FNO6. The van der Waals surface area contributed by atoms with Crippen LogP contribution in [0.25, 0.3) is 11.1 Å². The van der Waals surface area contributed by atoms with Gasteiger partial charge >= 0.3 is 11.9 Å². The highest BCUT2D eigenvalue weighted by Crippen LogP contribution is 2.33. The van der Waals surface area contributed by atoms with E-state index in [1.54, 1.807) is 12.1 Å². The van der Waals surface area contributed by atoms with Crippen LogP contribution in [-0.2, 0) is 0 Å². The lowest BCUT2D eigenvalue weighted by atomic mass is 10.0. The van der Waals surface area contributed by atoms with Crippen LogP contribution in [0.5, 0.6) is 0 Å². The Morgan fingerprint density at radius 3 is 2.16 bits per heavy atom. The number of carboxylic acids is 2. The first-order chi connectivity index (χ1) is 15.1. The summed E-state index contributed by atoms with van der Waals surface area (Å²) >= 11 is 12.1. The number of rotatable bonds is 6. The molecule has 0 fully saturated rings. The third-order valence-electron chi connectivity index (χ3n) is 4.48. The molecule has 0 aliphatic carbocycles. The highest BCUT2D eigenvalue weighted by molar-refractivity contribution is 6.36. The van der Waals surface area contributed by atoms with E-state index in [4.69, 9.17) is 23.2 Å². The van der Waals surface area contributed by atoms with Gasteiger partial charge in [-0.25, -0.2) is 14.0 Å². The second-order valence-corrected chi connectivity index (χ2v) is 7.33. The van der Waals surface area contributed by atoms with E-state index >= 15 is 0 Å². The van der Waals surface area contributed by atoms with Crippen molar-refractivity contribution in [3.05, 3.63) is 86.6 Å². The Hall–Kier alpha value is -3.75. The zero-order valence-electron chi connectivity index (χ0n) is 15.9. The van der Waals surface area contributed by atoms with E-state index in [9.17, 15) is 33.8 Å². The molecule has 1 amide bonds. The van der Waals surface area contributed by atoms with Gasteiger partial charge in [0.1, 0.15) is 5.82 Å². The molecular weight excluding hydrogens is 464 g/mol. The van der Waals surface area contributed by atoms with Crippen molar-refractivity contribution in [2.24, 2.45) is 0 Å². The van der Waals surface area contributed by atoms with E-state index in [2.05, 4.69) is 5.32 Å². The lowest BCUT2D eigenvalue weighted by Gasteiger charge is -2.13. The Bertz CT molecular complexity index is 1290. The number of aldehydes is 1. The summed E-state index contributed by atoms with van der Waals surface area (Å²) in [5, 5.41) is 21.8. The van der Waals surface area contributed by atoms with E-state index in [1.165, 1.54) is 24.3 Å². The van der Waals surface area contributed by atoms with E-state index in [1.807, 2.05) is 0 Å². The van der Waals surface area contributed by atoms with Gasteiger partial charge in [-0.05, 0) is 42.0 Å². The smallest absolute Gasteiger partial charge is 0.337 e. The van der Waals surface area contributed by atoms with Crippen LogP contribution in [0.1, 0.15) is 41.4 Å². The average molecular weight is 476 g/mol. The minimum absolute atomic E-state index is 0.129. The maximum absolute atomic E-state index is 13.8. The van der Waals surface area contributed by atoms with Crippen LogP contribution < -0.4 is 5.32 Å². The van der Waals surface area contributed by atoms with Gasteiger partial charge in [0.2, 0.25) is 0 Å². The molecule has 3 aromatic carbocycles. The minimum atomic E-state index is -1.60. The molecule has 3 N–H and O–H groups in total. The van der Waals surface area contributed by atoms with Gasteiger partial charge in [-0.2, -0.15) is 0 Å².